The minimum atomic E-state index is -0.254. The molecule has 6 nitrogen and oxygen atoms in total. The van der Waals surface area contributed by atoms with E-state index in [4.69, 9.17) is 4.74 Å². The van der Waals surface area contributed by atoms with Crippen LogP contribution in [0, 0.1) is 11.3 Å². The van der Waals surface area contributed by atoms with Gasteiger partial charge in [0.15, 0.2) is 0 Å². The van der Waals surface area contributed by atoms with Crippen molar-refractivity contribution in [3.63, 3.8) is 0 Å². The molecule has 160 valence electrons. The molecule has 30 heavy (non-hydrogen) atoms. The predicted molar refractivity (Wildman–Crippen MR) is 114 cm³/mol. The molecule has 3 heterocycles. The Bertz CT molecular complexity index is 787. The smallest absolute Gasteiger partial charge is 0.251 e. The van der Waals surface area contributed by atoms with Crippen LogP contribution in [0.5, 0.6) is 0 Å². The summed E-state index contributed by atoms with van der Waals surface area (Å²) >= 11 is 0. The number of benzene rings is 1. The van der Waals surface area contributed by atoms with Crippen LogP contribution in [0.4, 0.5) is 0 Å². The quantitative estimate of drug-likeness (QED) is 0.782. The fourth-order valence-corrected chi connectivity index (χ4v) is 5.64. The number of carbonyl (C=O) groups excluding carboxylic acids is 1. The van der Waals surface area contributed by atoms with Gasteiger partial charge in [-0.25, -0.2) is 0 Å². The Morgan fingerprint density at radius 2 is 1.97 bits per heavy atom. The number of hydrogen-bond acceptors (Lipinski definition) is 5. The molecule has 4 fully saturated rings. The molecule has 1 aromatic rings. The average molecular weight is 409 g/mol. The number of nitrogens with zero attached hydrogens (tertiary/aromatic N) is 3. The third kappa shape index (κ3) is 3.87. The highest BCUT2D eigenvalue weighted by molar-refractivity contribution is 5.82. The van der Waals surface area contributed by atoms with Gasteiger partial charge in [0.05, 0.1) is 18.0 Å². The first-order valence-corrected chi connectivity index (χ1v) is 11.5. The second-order valence-electron chi connectivity index (χ2n) is 9.54. The van der Waals surface area contributed by atoms with Crippen molar-refractivity contribution in [1.82, 2.24) is 15.1 Å². The lowest BCUT2D eigenvalue weighted by Crippen LogP contribution is -2.73. The number of nitriles is 1. The minimum Gasteiger partial charge on any atom is -0.368 e. The van der Waals surface area contributed by atoms with Gasteiger partial charge in [0.1, 0.15) is 6.10 Å². The van der Waals surface area contributed by atoms with Crippen molar-refractivity contribution in [3.8, 4) is 6.07 Å². The van der Waals surface area contributed by atoms with E-state index in [9.17, 15) is 10.1 Å². The number of likely N-dealkylation sites (tertiary alicyclic amines) is 2. The Morgan fingerprint density at radius 1 is 1.20 bits per heavy atom. The lowest BCUT2D eigenvalue weighted by atomic mass is 9.82. The zero-order chi connectivity index (χ0) is 20.6. The molecule has 0 aromatic heterocycles. The summed E-state index contributed by atoms with van der Waals surface area (Å²) in [6, 6.07) is 14.4. The molecule has 3 aliphatic heterocycles. The molecule has 6 heteroatoms. The predicted octanol–water partition coefficient (Wildman–Crippen LogP) is 2.27. The summed E-state index contributed by atoms with van der Waals surface area (Å²) in [5.41, 5.74) is 1.30. The molecule has 0 bridgehead atoms. The van der Waals surface area contributed by atoms with Gasteiger partial charge in [0.2, 0.25) is 0 Å². The summed E-state index contributed by atoms with van der Waals surface area (Å²) in [7, 11) is 0. The van der Waals surface area contributed by atoms with E-state index in [0.29, 0.717) is 44.1 Å². The Morgan fingerprint density at radius 3 is 2.63 bits per heavy atom. The molecule has 3 saturated heterocycles. The summed E-state index contributed by atoms with van der Waals surface area (Å²) in [5, 5.41) is 13.3. The molecule has 0 spiro atoms. The number of rotatable bonds is 6. The molecule has 1 aromatic carbocycles. The first-order valence-electron chi connectivity index (χ1n) is 11.5. The Hall–Kier alpha value is -1.94. The van der Waals surface area contributed by atoms with Crippen LogP contribution in [-0.2, 0) is 9.53 Å². The van der Waals surface area contributed by atoms with E-state index in [0.717, 1.165) is 38.8 Å². The van der Waals surface area contributed by atoms with Crippen LogP contribution in [0.15, 0.2) is 30.3 Å². The topological polar surface area (TPSA) is 68.6 Å². The summed E-state index contributed by atoms with van der Waals surface area (Å²) in [6.07, 6.45) is 5.52. The normalized spacial score (nSPS) is 31.2. The first-order chi connectivity index (χ1) is 14.7. The molecular formula is C24H32N4O2. The molecule has 1 amide bonds. The summed E-state index contributed by atoms with van der Waals surface area (Å²) in [6.45, 7) is 4.06. The number of hydrogen-bond donors (Lipinski definition) is 1. The van der Waals surface area contributed by atoms with Gasteiger partial charge in [0, 0.05) is 50.8 Å². The molecule has 1 unspecified atom stereocenters. The highest BCUT2D eigenvalue weighted by Gasteiger charge is 2.51. The van der Waals surface area contributed by atoms with Crippen molar-refractivity contribution in [2.75, 3.05) is 32.8 Å². The second kappa shape index (κ2) is 8.30. The van der Waals surface area contributed by atoms with Crippen molar-refractivity contribution in [1.29, 1.82) is 5.26 Å². The number of piperidine rings is 1. The van der Waals surface area contributed by atoms with E-state index in [-0.39, 0.29) is 17.6 Å². The van der Waals surface area contributed by atoms with Crippen molar-refractivity contribution < 1.29 is 9.53 Å². The van der Waals surface area contributed by atoms with Crippen LogP contribution in [-0.4, -0.2) is 72.2 Å². The van der Waals surface area contributed by atoms with E-state index in [2.05, 4.69) is 46.6 Å². The third-order valence-corrected chi connectivity index (χ3v) is 7.53. The largest absolute Gasteiger partial charge is 0.368 e. The van der Waals surface area contributed by atoms with E-state index in [1.165, 1.54) is 12.0 Å². The van der Waals surface area contributed by atoms with Crippen LogP contribution < -0.4 is 5.32 Å². The van der Waals surface area contributed by atoms with Crippen LogP contribution in [0.25, 0.3) is 0 Å². The van der Waals surface area contributed by atoms with Crippen LogP contribution in [0.2, 0.25) is 0 Å². The van der Waals surface area contributed by atoms with Gasteiger partial charge in [0.25, 0.3) is 5.91 Å². The summed E-state index contributed by atoms with van der Waals surface area (Å²) in [4.78, 5) is 17.0. The Labute approximate surface area is 179 Å². The number of carbonyl (C=O) groups is 1. The lowest BCUT2D eigenvalue weighted by Gasteiger charge is -2.56. The Balaban J connectivity index is 1.11. The maximum absolute atomic E-state index is 12.6. The number of ether oxygens (including phenoxy) is 1. The van der Waals surface area contributed by atoms with E-state index in [1.807, 2.05) is 4.90 Å². The van der Waals surface area contributed by atoms with Gasteiger partial charge >= 0.3 is 0 Å². The maximum Gasteiger partial charge on any atom is 0.251 e. The van der Waals surface area contributed by atoms with E-state index >= 15 is 0 Å². The van der Waals surface area contributed by atoms with Crippen molar-refractivity contribution in [2.24, 2.45) is 0 Å². The monoisotopic (exact) mass is 408 g/mol. The second-order valence-corrected chi connectivity index (χ2v) is 9.54. The molecule has 4 aliphatic rings. The minimum absolute atomic E-state index is 0.123. The highest BCUT2D eigenvalue weighted by Crippen LogP contribution is 2.42. The highest BCUT2D eigenvalue weighted by atomic mass is 16.5. The third-order valence-electron chi connectivity index (χ3n) is 7.53. The van der Waals surface area contributed by atoms with E-state index in [1.54, 1.807) is 0 Å². The standard InChI is InChI=1S/C24H32N4O2/c25-11-10-24(16-27(17-24)23(29)22-7-4-14-30-22)28-12-8-19(9-13-28)26-21-15-20(21)18-5-2-1-3-6-18/h1-3,5-6,19-22,26H,4,7-10,12-17H2/t20-,21+,22?/m0/s1. The van der Waals surface area contributed by atoms with Gasteiger partial charge in [-0.1, -0.05) is 30.3 Å². The molecule has 0 radical (unpaired) electrons. The summed E-state index contributed by atoms with van der Waals surface area (Å²) < 4.78 is 5.56. The average Bonchev–Trinajstić information content (AvgIpc) is 3.29. The lowest BCUT2D eigenvalue weighted by molar-refractivity contribution is -0.157. The van der Waals surface area contributed by atoms with E-state index < -0.39 is 0 Å². The molecular weight excluding hydrogens is 376 g/mol. The van der Waals surface area contributed by atoms with Gasteiger partial charge in [-0.2, -0.15) is 5.26 Å². The van der Waals surface area contributed by atoms with Gasteiger partial charge < -0.3 is 15.0 Å². The van der Waals surface area contributed by atoms with Crippen LogP contribution in [0.1, 0.15) is 50.0 Å². The first kappa shape index (κ1) is 20.0. The Kier molecular flexibility index (Phi) is 5.53. The maximum atomic E-state index is 12.6. The van der Waals surface area contributed by atoms with Gasteiger partial charge in [-0.15, -0.1) is 0 Å². The molecule has 5 rings (SSSR count). The molecule has 1 saturated carbocycles. The molecule has 1 N–H and O–H groups in total. The van der Waals surface area contributed by atoms with Gasteiger partial charge in [-0.3, -0.25) is 9.69 Å². The van der Waals surface area contributed by atoms with Gasteiger partial charge in [-0.05, 0) is 37.7 Å². The zero-order valence-corrected chi connectivity index (χ0v) is 17.6. The SMILES string of the molecule is N#CCC1(N2CCC(N[C@@H]3C[C@H]3c3ccccc3)CC2)CN(C(=O)C2CCCO2)C1. The van der Waals surface area contributed by atoms with Crippen LogP contribution in [0.3, 0.4) is 0 Å². The van der Waals surface area contributed by atoms with Crippen LogP contribution >= 0.6 is 0 Å². The van der Waals surface area contributed by atoms with Crippen molar-refractivity contribution >= 4 is 5.91 Å². The number of amides is 1. The summed E-state index contributed by atoms with van der Waals surface area (Å²) in [5.74, 6) is 0.788. The zero-order valence-electron chi connectivity index (χ0n) is 17.6. The molecule has 1 aliphatic carbocycles. The number of nitrogens with one attached hydrogen (secondary N) is 1. The fourth-order valence-electron chi connectivity index (χ4n) is 5.64. The molecule has 3 atom stereocenters. The fraction of sp³-hybridized carbons (Fsp3) is 0.667. The van der Waals surface area contributed by atoms with Crippen molar-refractivity contribution in [2.45, 2.75) is 68.2 Å². The van der Waals surface area contributed by atoms with Crippen molar-refractivity contribution in [3.05, 3.63) is 35.9 Å².